The first-order valence-corrected chi connectivity index (χ1v) is 4.01. The highest BCUT2D eigenvalue weighted by Crippen LogP contribution is 2.00. The number of carbonyl (C=O) groups is 1. The lowest BCUT2D eigenvalue weighted by molar-refractivity contribution is -0.137. The molecule has 2 heteroatoms. The molecule has 0 aromatic rings. The van der Waals surface area contributed by atoms with Crippen LogP contribution in [0.1, 0.15) is 33.1 Å². The van der Waals surface area contributed by atoms with Crippen molar-refractivity contribution in [3.8, 4) is 0 Å². The minimum atomic E-state index is -0.706. The van der Waals surface area contributed by atoms with Crippen molar-refractivity contribution in [2.75, 3.05) is 0 Å². The lowest BCUT2D eigenvalue weighted by Gasteiger charge is -1.93. The van der Waals surface area contributed by atoms with Crippen LogP contribution in [0.15, 0.2) is 12.2 Å². The minimum absolute atomic E-state index is 0.280. The number of allylic oxidation sites excluding steroid dienone is 2. The third kappa shape index (κ3) is 9.21. The first kappa shape index (κ1) is 10.2. The Kier molecular flexibility index (Phi) is 5.53. The van der Waals surface area contributed by atoms with Crippen LogP contribution >= 0.6 is 0 Å². The van der Waals surface area contributed by atoms with Crippen LogP contribution in [0.4, 0.5) is 0 Å². The van der Waals surface area contributed by atoms with Crippen molar-refractivity contribution in [1.82, 2.24) is 0 Å². The molecule has 11 heavy (non-hydrogen) atoms. The van der Waals surface area contributed by atoms with E-state index >= 15 is 0 Å². The Bertz CT molecular complexity index is 136. The maximum atomic E-state index is 10.1. The highest BCUT2D eigenvalue weighted by atomic mass is 16.4. The van der Waals surface area contributed by atoms with Gasteiger partial charge in [-0.15, -0.1) is 0 Å². The largest absolute Gasteiger partial charge is 0.481 e. The van der Waals surface area contributed by atoms with Gasteiger partial charge in [0.15, 0.2) is 0 Å². The van der Waals surface area contributed by atoms with Gasteiger partial charge in [0.05, 0.1) is 0 Å². The predicted molar refractivity (Wildman–Crippen MR) is 45.5 cm³/mol. The molecule has 1 N–H and O–H groups in total. The minimum Gasteiger partial charge on any atom is -0.481 e. The molecule has 0 saturated heterocycles. The number of rotatable bonds is 5. The highest BCUT2D eigenvalue weighted by Gasteiger charge is 1.93. The Labute approximate surface area is 67.9 Å². The molecule has 0 bridgehead atoms. The molecule has 0 aliphatic heterocycles. The van der Waals surface area contributed by atoms with Crippen molar-refractivity contribution in [1.29, 1.82) is 0 Å². The maximum Gasteiger partial charge on any atom is 0.303 e. The average Bonchev–Trinajstić information content (AvgIpc) is 1.85. The van der Waals surface area contributed by atoms with E-state index < -0.39 is 5.97 Å². The summed E-state index contributed by atoms with van der Waals surface area (Å²) in [6.45, 7) is 4.21. The van der Waals surface area contributed by atoms with E-state index in [1.165, 1.54) is 0 Å². The molecule has 0 unspecified atom stereocenters. The normalized spacial score (nSPS) is 11.2. The molecule has 0 atom stereocenters. The number of carboxylic acids is 1. The molecular formula is C9H16O2. The van der Waals surface area contributed by atoms with Gasteiger partial charge >= 0.3 is 5.97 Å². The van der Waals surface area contributed by atoms with Crippen molar-refractivity contribution in [3.63, 3.8) is 0 Å². The summed E-state index contributed by atoms with van der Waals surface area (Å²) in [5.41, 5.74) is 0. The smallest absolute Gasteiger partial charge is 0.303 e. The molecule has 0 aliphatic rings. The van der Waals surface area contributed by atoms with E-state index in [2.05, 4.69) is 19.9 Å². The van der Waals surface area contributed by atoms with Gasteiger partial charge in [-0.05, 0) is 18.8 Å². The van der Waals surface area contributed by atoms with Gasteiger partial charge in [-0.2, -0.15) is 0 Å². The Morgan fingerprint density at radius 3 is 2.64 bits per heavy atom. The molecule has 2 nitrogen and oxygen atoms in total. The number of hydrogen-bond acceptors (Lipinski definition) is 1. The van der Waals surface area contributed by atoms with Gasteiger partial charge in [0.25, 0.3) is 0 Å². The number of aliphatic carboxylic acids is 1. The second-order valence-electron chi connectivity index (χ2n) is 2.96. The molecule has 0 spiro atoms. The van der Waals surface area contributed by atoms with Gasteiger partial charge in [-0.3, -0.25) is 4.79 Å². The Balaban J connectivity index is 3.20. The van der Waals surface area contributed by atoms with Crippen LogP contribution in [0.2, 0.25) is 0 Å². The molecule has 0 rings (SSSR count). The first-order valence-electron chi connectivity index (χ1n) is 4.01. The van der Waals surface area contributed by atoms with Crippen molar-refractivity contribution in [3.05, 3.63) is 12.2 Å². The van der Waals surface area contributed by atoms with E-state index in [1.807, 2.05) is 6.08 Å². The topological polar surface area (TPSA) is 37.3 Å². The van der Waals surface area contributed by atoms with E-state index in [0.29, 0.717) is 5.92 Å². The van der Waals surface area contributed by atoms with Gasteiger partial charge in [0.2, 0.25) is 0 Å². The standard InChI is InChI=1S/C9H16O2/c1-8(2)6-4-3-5-7-9(10)11/h4,6,8H,3,5,7H2,1-2H3,(H,10,11)/b6-4+. The van der Waals surface area contributed by atoms with Crippen LogP contribution in [0.5, 0.6) is 0 Å². The van der Waals surface area contributed by atoms with Crippen molar-refractivity contribution in [2.24, 2.45) is 5.92 Å². The quantitative estimate of drug-likeness (QED) is 0.490. The van der Waals surface area contributed by atoms with Gasteiger partial charge in [-0.25, -0.2) is 0 Å². The van der Waals surface area contributed by atoms with E-state index in [4.69, 9.17) is 5.11 Å². The predicted octanol–water partition coefficient (Wildman–Crippen LogP) is 2.45. The average molecular weight is 156 g/mol. The van der Waals surface area contributed by atoms with Crippen LogP contribution < -0.4 is 0 Å². The zero-order chi connectivity index (χ0) is 8.69. The Morgan fingerprint density at radius 2 is 2.18 bits per heavy atom. The van der Waals surface area contributed by atoms with Crippen LogP contribution in [0.25, 0.3) is 0 Å². The summed E-state index contributed by atoms with van der Waals surface area (Å²) in [4.78, 5) is 10.1. The van der Waals surface area contributed by atoms with E-state index in [9.17, 15) is 4.79 Å². The van der Waals surface area contributed by atoms with Crippen molar-refractivity contribution in [2.45, 2.75) is 33.1 Å². The summed E-state index contributed by atoms with van der Waals surface area (Å²) in [6.07, 6.45) is 6.06. The molecule has 0 aromatic carbocycles. The molecule has 0 radical (unpaired) electrons. The third-order valence-electron chi connectivity index (χ3n) is 1.28. The van der Waals surface area contributed by atoms with E-state index in [-0.39, 0.29) is 6.42 Å². The van der Waals surface area contributed by atoms with E-state index in [1.54, 1.807) is 0 Å². The first-order chi connectivity index (χ1) is 5.13. The Morgan fingerprint density at radius 1 is 1.55 bits per heavy atom. The molecule has 0 amide bonds. The maximum absolute atomic E-state index is 10.1. The second-order valence-corrected chi connectivity index (χ2v) is 2.96. The fourth-order valence-electron chi connectivity index (χ4n) is 0.740. The molecule has 0 aliphatic carbocycles. The summed E-state index contributed by atoms with van der Waals surface area (Å²) in [5, 5.41) is 8.30. The number of unbranched alkanes of at least 4 members (excludes halogenated alkanes) is 1. The lowest BCUT2D eigenvalue weighted by atomic mass is 10.1. The second kappa shape index (κ2) is 5.96. The van der Waals surface area contributed by atoms with Crippen LogP contribution in [0.3, 0.4) is 0 Å². The zero-order valence-electron chi connectivity index (χ0n) is 7.21. The summed E-state index contributed by atoms with van der Waals surface area (Å²) in [6, 6.07) is 0. The third-order valence-corrected chi connectivity index (χ3v) is 1.28. The molecule has 0 saturated carbocycles. The molecule has 0 heterocycles. The van der Waals surface area contributed by atoms with Gasteiger partial charge in [0, 0.05) is 6.42 Å². The fourth-order valence-corrected chi connectivity index (χ4v) is 0.740. The van der Waals surface area contributed by atoms with Gasteiger partial charge in [-0.1, -0.05) is 26.0 Å². The molecule has 0 fully saturated rings. The molecule has 0 aromatic heterocycles. The fraction of sp³-hybridized carbons (Fsp3) is 0.667. The monoisotopic (exact) mass is 156 g/mol. The van der Waals surface area contributed by atoms with Crippen LogP contribution in [-0.4, -0.2) is 11.1 Å². The van der Waals surface area contributed by atoms with E-state index in [0.717, 1.165) is 12.8 Å². The van der Waals surface area contributed by atoms with Crippen molar-refractivity contribution >= 4 is 5.97 Å². The number of hydrogen-bond donors (Lipinski definition) is 1. The molecule has 64 valence electrons. The van der Waals surface area contributed by atoms with Crippen molar-refractivity contribution < 1.29 is 9.90 Å². The van der Waals surface area contributed by atoms with Gasteiger partial charge < -0.3 is 5.11 Å². The number of carboxylic acid groups (broad SMARTS) is 1. The summed E-state index contributed by atoms with van der Waals surface area (Å²) < 4.78 is 0. The summed E-state index contributed by atoms with van der Waals surface area (Å²) in [5.74, 6) is -0.136. The summed E-state index contributed by atoms with van der Waals surface area (Å²) in [7, 11) is 0. The molecular weight excluding hydrogens is 140 g/mol. The van der Waals surface area contributed by atoms with Crippen LogP contribution in [-0.2, 0) is 4.79 Å². The highest BCUT2D eigenvalue weighted by molar-refractivity contribution is 5.66. The zero-order valence-corrected chi connectivity index (χ0v) is 7.21. The Hall–Kier alpha value is -0.790. The van der Waals surface area contributed by atoms with Crippen LogP contribution in [0, 0.1) is 5.92 Å². The summed E-state index contributed by atoms with van der Waals surface area (Å²) >= 11 is 0. The van der Waals surface area contributed by atoms with Gasteiger partial charge in [0.1, 0.15) is 0 Å². The lowest BCUT2D eigenvalue weighted by Crippen LogP contribution is -1.92. The SMILES string of the molecule is CC(C)/C=C/CCCC(=O)O.